The monoisotopic (exact) mass is 355 g/mol. The first-order chi connectivity index (χ1) is 12.2. The molecule has 1 aliphatic rings. The molecule has 1 N–H and O–H groups in total. The van der Waals surface area contributed by atoms with Gasteiger partial charge in [-0.1, -0.05) is 50.1 Å². The van der Waals surface area contributed by atoms with Gasteiger partial charge >= 0.3 is 5.97 Å². The van der Waals surface area contributed by atoms with Crippen LogP contribution in [0.3, 0.4) is 0 Å². The molecule has 1 aromatic heterocycles. The highest BCUT2D eigenvalue weighted by Gasteiger charge is 2.36. The van der Waals surface area contributed by atoms with Crippen LogP contribution in [0.4, 0.5) is 5.95 Å². The highest BCUT2D eigenvalue weighted by molar-refractivity contribution is 6.05. The predicted octanol–water partition coefficient (Wildman–Crippen LogP) is 2.00. The number of anilines is 1. The number of fused-ring (bicyclic) bond motifs is 1. The Kier molecular flexibility index (Phi) is 4.35. The molecule has 0 spiro atoms. The fourth-order valence-electron chi connectivity index (χ4n) is 2.99. The molecule has 2 aromatic rings. The van der Waals surface area contributed by atoms with Gasteiger partial charge in [0.1, 0.15) is 11.7 Å². The standard InChI is InChI=1S/C18H21N5O3/c1-10(24)13-14(16(25)26-5)19-17-20-21-22-23(17)15(13)11-6-8-12(9-7-11)18(2,3)4/h6-9,15H,1-5H3,(H,19,20,22)/t15-/m1/s1. The summed E-state index contributed by atoms with van der Waals surface area (Å²) < 4.78 is 6.32. The van der Waals surface area contributed by atoms with E-state index in [2.05, 4.69) is 41.6 Å². The summed E-state index contributed by atoms with van der Waals surface area (Å²) in [6.45, 7) is 7.79. The van der Waals surface area contributed by atoms with Crippen molar-refractivity contribution in [3.63, 3.8) is 0 Å². The number of tetrazole rings is 1. The summed E-state index contributed by atoms with van der Waals surface area (Å²) in [4.78, 5) is 24.6. The van der Waals surface area contributed by atoms with E-state index in [1.54, 1.807) is 0 Å². The molecule has 0 unspecified atom stereocenters. The van der Waals surface area contributed by atoms with Crippen molar-refractivity contribution < 1.29 is 14.3 Å². The van der Waals surface area contributed by atoms with Crippen LogP contribution >= 0.6 is 0 Å². The molecule has 0 saturated heterocycles. The van der Waals surface area contributed by atoms with Gasteiger partial charge in [-0.2, -0.15) is 4.68 Å². The number of allylic oxidation sites excluding steroid dienone is 1. The topological polar surface area (TPSA) is 99.0 Å². The molecule has 0 bridgehead atoms. The normalized spacial score (nSPS) is 16.7. The number of hydrogen-bond acceptors (Lipinski definition) is 7. The Hall–Kier alpha value is -3.03. The van der Waals surface area contributed by atoms with Gasteiger partial charge in [0, 0.05) is 0 Å². The molecule has 0 amide bonds. The molecule has 1 aliphatic heterocycles. The van der Waals surface area contributed by atoms with Gasteiger partial charge in [-0.3, -0.25) is 4.79 Å². The van der Waals surface area contributed by atoms with Gasteiger partial charge in [0.2, 0.25) is 5.95 Å². The van der Waals surface area contributed by atoms with E-state index < -0.39 is 12.0 Å². The minimum atomic E-state index is -0.638. The van der Waals surface area contributed by atoms with Crippen LogP contribution in [0.1, 0.15) is 44.9 Å². The molecule has 26 heavy (non-hydrogen) atoms. The molecule has 2 heterocycles. The Morgan fingerprint density at radius 2 is 1.85 bits per heavy atom. The molecule has 0 fully saturated rings. The number of ketones is 1. The lowest BCUT2D eigenvalue weighted by molar-refractivity contribution is -0.136. The minimum Gasteiger partial charge on any atom is -0.464 e. The lowest BCUT2D eigenvalue weighted by atomic mass is 9.85. The van der Waals surface area contributed by atoms with Crippen LogP contribution in [0.25, 0.3) is 0 Å². The van der Waals surface area contributed by atoms with Gasteiger partial charge in [0.25, 0.3) is 0 Å². The summed E-state index contributed by atoms with van der Waals surface area (Å²) >= 11 is 0. The summed E-state index contributed by atoms with van der Waals surface area (Å²) in [5.41, 5.74) is 2.30. The zero-order valence-electron chi connectivity index (χ0n) is 15.4. The quantitative estimate of drug-likeness (QED) is 0.841. The van der Waals surface area contributed by atoms with E-state index in [0.717, 1.165) is 11.1 Å². The number of esters is 1. The van der Waals surface area contributed by atoms with Gasteiger partial charge in [-0.25, -0.2) is 4.79 Å². The second-order valence-corrected chi connectivity index (χ2v) is 7.18. The smallest absolute Gasteiger partial charge is 0.355 e. The maximum atomic E-state index is 12.4. The molecule has 3 rings (SSSR count). The summed E-state index contributed by atoms with van der Waals surface area (Å²) in [7, 11) is 1.26. The number of rotatable bonds is 3. The van der Waals surface area contributed by atoms with Crippen molar-refractivity contribution in [1.29, 1.82) is 0 Å². The second kappa shape index (κ2) is 6.36. The number of benzene rings is 1. The first-order valence-electron chi connectivity index (χ1n) is 8.22. The first-order valence-corrected chi connectivity index (χ1v) is 8.22. The van der Waals surface area contributed by atoms with Gasteiger partial charge in [0.05, 0.1) is 12.7 Å². The van der Waals surface area contributed by atoms with Crippen LogP contribution in [0, 0.1) is 0 Å². The molecule has 0 saturated carbocycles. The zero-order valence-corrected chi connectivity index (χ0v) is 15.4. The third-order valence-corrected chi connectivity index (χ3v) is 4.38. The van der Waals surface area contributed by atoms with E-state index in [-0.39, 0.29) is 28.4 Å². The second-order valence-electron chi connectivity index (χ2n) is 7.18. The first kappa shape index (κ1) is 17.8. The largest absolute Gasteiger partial charge is 0.464 e. The molecule has 1 aromatic carbocycles. The lowest BCUT2D eigenvalue weighted by Crippen LogP contribution is -2.32. The molecule has 8 nitrogen and oxygen atoms in total. The average molecular weight is 355 g/mol. The van der Waals surface area contributed by atoms with Crippen molar-refractivity contribution in [2.75, 3.05) is 12.4 Å². The Bertz CT molecular complexity index is 890. The van der Waals surface area contributed by atoms with E-state index in [9.17, 15) is 9.59 Å². The molecule has 0 radical (unpaired) electrons. The van der Waals surface area contributed by atoms with Crippen LogP contribution < -0.4 is 5.32 Å². The molecule has 8 heteroatoms. The number of hydrogen-bond donors (Lipinski definition) is 1. The van der Waals surface area contributed by atoms with E-state index in [1.165, 1.54) is 18.7 Å². The van der Waals surface area contributed by atoms with Crippen molar-refractivity contribution in [1.82, 2.24) is 20.2 Å². The van der Waals surface area contributed by atoms with Crippen molar-refractivity contribution in [3.8, 4) is 0 Å². The Labute approximate surface area is 151 Å². The number of methoxy groups -OCH3 is 1. The molecule has 0 aliphatic carbocycles. The minimum absolute atomic E-state index is 0.00302. The van der Waals surface area contributed by atoms with Crippen LogP contribution in [0.5, 0.6) is 0 Å². The van der Waals surface area contributed by atoms with Crippen LogP contribution in [0.15, 0.2) is 35.5 Å². The maximum Gasteiger partial charge on any atom is 0.355 e. The predicted molar refractivity (Wildman–Crippen MR) is 94.4 cm³/mol. The fraction of sp³-hybridized carbons (Fsp3) is 0.389. The summed E-state index contributed by atoms with van der Waals surface area (Å²) in [6, 6.07) is 7.27. The van der Waals surface area contributed by atoms with E-state index >= 15 is 0 Å². The number of nitrogens with zero attached hydrogens (tertiary/aromatic N) is 4. The van der Waals surface area contributed by atoms with Crippen LogP contribution in [-0.4, -0.2) is 39.1 Å². The summed E-state index contributed by atoms with van der Waals surface area (Å²) in [6.07, 6.45) is 0. The van der Waals surface area contributed by atoms with Crippen LogP contribution in [0.2, 0.25) is 0 Å². The highest BCUT2D eigenvalue weighted by atomic mass is 16.5. The Morgan fingerprint density at radius 1 is 1.19 bits per heavy atom. The van der Waals surface area contributed by atoms with Crippen molar-refractivity contribution in [3.05, 3.63) is 46.7 Å². The summed E-state index contributed by atoms with van der Waals surface area (Å²) in [5, 5.41) is 14.3. The SMILES string of the molecule is COC(=O)C1=C(C(C)=O)[C@@H](c2ccc(C(C)(C)C)cc2)n2nnnc2N1. The Balaban J connectivity index is 2.17. The molecule has 1 atom stereocenters. The van der Waals surface area contributed by atoms with Crippen LogP contribution in [-0.2, 0) is 19.7 Å². The third kappa shape index (κ3) is 2.98. The van der Waals surface area contributed by atoms with Crippen molar-refractivity contribution in [2.24, 2.45) is 0 Å². The maximum absolute atomic E-state index is 12.4. The molecular formula is C18H21N5O3. The summed E-state index contributed by atoms with van der Waals surface area (Å²) in [5.74, 6) is -0.620. The van der Waals surface area contributed by atoms with E-state index in [4.69, 9.17) is 4.74 Å². The van der Waals surface area contributed by atoms with Gasteiger partial charge in [-0.15, -0.1) is 0 Å². The Morgan fingerprint density at radius 3 is 2.38 bits per heavy atom. The van der Waals surface area contributed by atoms with Gasteiger partial charge < -0.3 is 10.1 Å². The number of carbonyl (C=O) groups is 2. The van der Waals surface area contributed by atoms with Gasteiger partial charge in [0.15, 0.2) is 5.78 Å². The molecular weight excluding hydrogens is 334 g/mol. The van der Waals surface area contributed by atoms with E-state index in [0.29, 0.717) is 0 Å². The van der Waals surface area contributed by atoms with Crippen molar-refractivity contribution >= 4 is 17.7 Å². The zero-order chi connectivity index (χ0) is 19.1. The number of carbonyl (C=O) groups excluding carboxylic acids is 2. The highest BCUT2D eigenvalue weighted by Crippen LogP contribution is 2.36. The molecule has 136 valence electrons. The van der Waals surface area contributed by atoms with E-state index in [1.807, 2.05) is 24.3 Å². The third-order valence-electron chi connectivity index (χ3n) is 4.38. The fourth-order valence-corrected chi connectivity index (χ4v) is 2.99. The average Bonchev–Trinajstić information content (AvgIpc) is 3.06. The lowest BCUT2D eigenvalue weighted by Gasteiger charge is -2.28. The van der Waals surface area contributed by atoms with Gasteiger partial charge in [-0.05, 0) is 33.9 Å². The van der Waals surface area contributed by atoms with Crippen molar-refractivity contribution in [2.45, 2.75) is 39.2 Å². The number of nitrogens with one attached hydrogen (secondary N) is 1. The number of aromatic nitrogens is 4. The number of ether oxygens (including phenoxy) is 1. The number of Topliss-reactive ketones (excluding diaryl/α,β-unsaturated/α-hetero) is 1.